The molecule has 1 fully saturated rings. The summed E-state index contributed by atoms with van der Waals surface area (Å²) in [7, 11) is -3.70. The molecule has 6 rings (SSSR count). The van der Waals surface area contributed by atoms with Gasteiger partial charge in [-0.1, -0.05) is 36.4 Å². The summed E-state index contributed by atoms with van der Waals surface area (Å²) in [6.07, 6.45) is 1.63. The first-order valence-corrected chi connectivity index (χ1v) is 14.9. The fourth-order valence-electron chi connectivity index (χ4n) is 4.83. The van der Waals surface area contributed by atoms with Crippen LogP contribution < -0.4 is 14.8 Å². The first-order chi connectivity index (χ1) is 18.5. The second-order valence-electron chi connectivity index (χ2n) is 9.43. The van der Waals surface area contributed by atoms with Crippen LogP contribution in [0.25, 0.3) is 22.0 Å². The number of nitrogens with one attached hydrogen (secondary N) is 1. The summed E-state index contributed by atoms with van der Waals surface area (Å²) >= 11 is 1.39. The highest BCUT2D eigenvalue weighted by Gasteiger charge is 2.33. The number of anilines is 1. The van der Waals surface area contributed by atoms with Crippen molar-refractivity contribution in [3.63, 3.8) is 0 Å². The van der Waals surface area contributed by atoms with Gasteiger partial charge in [0, 0.05) is 42.4 Å². The third-order valence-corrected chi connectivity index (χ3v) is 9.61. The number of benzene rings is 3. The maximum Gasteiger partial charge on any atom is 0.243 e. The van der Waals surface area contributed by atoms with Crippen LogP contribution in [0.3, 0.4) is 0 Å². The molecule has 0 radical (unpaired) electrons. The number of thiazole rings is 1. The zero-order chi connectivity index (χ0) is 26.1. The maximum atomic E-state index is 13.3. The molecule has 0 spiro atoms. The van der Waals surface area contributed by atoms with Crippen molar-refractivity contribution in [1.82, 2.24) is 9.29 Å². The maximum absolute atomic E-state index is 13.3. The monoisotopic (exact) mass is 549 g/mol. The number of sulfonamides is 1. The number of fused-ring (bicyclic) bond motifs is 2. The van der Waals surface area contributed by atoms with E-state index in [2.05, 4.69) is 34.6 Å². The number of amides is 1. The van der Waals surface area contributed by atoms with E-state index in [1.165, 1.54) is 21.7 Å². The lowest BCUT2D eigenvalue weighted by Crippen LogP contribution is -2.41. The molecule has 8 nitrogen and oxygen atoms in total. The first-order valence-electron chi connectivity index (χ1n) is 12.6. The van der Waals surface area contributed by atoms with Crippen molar-refractivity contribution in [2.45, 2.75) is 24.2 Å². The molecule has 0 aliphatic carbocycles. The molecular weight excluding hydrogens is 522 g/mol. The molecule has 3 aromatic carbocycles. The Kier molecular flexibility index (Phi) is 6.77. The number of carbonyl (C=O) groups excluding carboxylic acids is 1. The predicted molar refractivity (Wildman–Crippen MR) is 147 cm³/mol. The zero-order valence-corrected chi connectivity index (χ0v) is 22.3. The van der Waals surface area contributed by atoms with Gasteiger partial charge in [-0.2, -0.15) is 4.31 Å². The summed E-state index contributed by atoms with van der Waals surface area (Å²) in [4.78, 5) is 17.8. The molecule has 1 saturated heterocycles. The predicted octanol–water partition coefficient (Wildman–Crippen LogP) is 5.16. The van der Waals surface area contributed by atoms with E-state index in [1.54, 1.807) is 12.1 Å². The van der Waals surface area contributed by atoms with Crippen LogP contribution in [-0.2, 0) is 14.8 Å². The molecule has 196 valence electrons. The molecule has 0 unspecified atom stereocenters. The lowest BCUT2D eigenvalue weighted by molar-refractivity contribution is -0.120. The molecule has 3 heterocycles. The van der Waals surface area contributed by atoms with Crippen molar-refractivity contribution >= 4 is 43.2 Å². The third-order valence-electron chi connectivity index (χ3n) is 6.96. The second kappa shape index (κ2) is 10.4. The molecule has 1 amide bonds. The molecule has 0 saturated carbocycles. The van der Waals surface area contributed by atoms with E-state index in [4.69, 9.17) is 9.47 Å². The highest BCUT2D eigenvalue weighted by Crippen LogP contribution is 2.34. The van der Waals surface area contributed by atoms with Gasteiger partial charge < -0.3 is 14.8 Å². The van der Waals surface area contributed by atoms with Crippen LogP contribution in [0.1, 0.15) is 19.3 Å². The van der Waals surface area contributed by atoms with E-state index in [-0.39, 0.29) is 29.8 Å². The Hall–Kier alpha value is -3.47. The molecule has 10 heteroatoms. The molecule has 0 atom stereocenters. The Morgan fingerprint density at radius 3 is 2.53 bits per heavy atom. The van der Waals surface area contributed by atoms with Crippen molar-refractivity contribution < 1.29 is 22.7 Å². The number of hydrogen-bond acceptors (Lipinski definition) is 7. The summed E-state index contributed by atoms with van der Waals surface area (Å²) in [5.41, 5.74) is 1.81. The van der Waals surface area contributed by atoms with Gasteiger partial charge in [-0.3, -0.25) is 4.79 Å². The van der Waals surface area contributed by atoms with Gasteiger partial charge in [0.05, 0.1) is 23.8 Å². The summed E-state index contributed by atoms with van der Waals surface area (Å²) in [5.74, 6) is 0.599. The van der Waals surface area contributed by atoms with Crippen molar-refractivity contribution in [2.75, 3.05) is 31.6 Å². The molecular formula is C28H27N3O5S2. The number of hydrogen-bond donors (Lipinski definition) is 1. The zero-order valence-electron chi connectivity index (χ0n) is 20.6. The number of piperidine rings is 1. The van der Waals surface area contributed by atoms with Crippen LogP contribution in [0, 0.1) is 5.92 Å². The number of ether oxygens (including phenoxy) is 2. The average Bonchev–Trinajstić information content (AvgIpc) is 3.28. The minimum atomic E-state index is -3.70. The van der Waals surface area contributed by atoms with E-state index in [9.17, 15) is 13.2 Å². The molecule has 1 N–H and O–H groups in total. The Morgan fingerprint density at radius 2 is 1.71 bits per heavy atom. The van der Waals surface area contributed by atoms with Gasteiger partial charge >= 0.3 is 0 Å². The van der Waals surface area contributed by atoms with E-state index >= 15 is 0 Å². The van der Waals surface area contributed by atoms with Crippen molar-refractivity contribution in [2.24, 2.45) is 5.92 Å². The Morgan fingerprint density at radius 1 is 0.947 bits per heavy atom. The molecule has 2 aliphatic heterocycles. The molecule has 4 aromatic rings. The van der Waals surface area contributed by atoms with Gasteiger partial charge in [-0.05, 0) is 41.8 Å². The van der Waals surface area contributed by atoms with Crippen LogP contribution in [0.5, 0.6) is 11.5 Å². The number of rotatable bonds is 5. The lowest BCUT2D eigenvalue weighted by Gasteiger charge is -2.30. The minimum Gasteiger partial charge on any atom is -0.490 e. The van der Waals surface area contributed by atoms with Gasteiger partial charge in [0.25, 0.3) is 0 Å². The summed E-state index contributed by atoms with van der Waals surface area (Å²) in [6, 6.07) is 19.1. The van der Waals surface area contributed by atoms with Crippen molar-refractivity contribution in [1.29, 1.82) is 0 Å². The van der Waals surface area contributed by atoms with Crippen LogP contribution >= 0.6 is 11.3 Å². The Bertz CT molecular complexity index is 1590. The number of aromatic nitrogens is 1. The molecule has 0 bridgehead atoms. The fraction of sp³-hybridized carbons (Fsp3) is 0.286. The molecule has 2 aliphatic rings. The summed E-state index contributed by atoms with van der Waals surface area (Å²) in [6.45, 7) is 1.57. The Balaban J connectivity index is 1.08. The summed E-state index contributed by atoms with van der Waals surface area (Å²) in [5, 5.41) is 7.71. The normalized spacial score (nSPS) is 16.7. The van der Waals surface area contributed by atoms with Crippen molar-refractivity contribution in [3.8, 4) is 22.8 Å². The topological polar surface area (TPSA) is 97.8 Å². The summed E-state index contributed by atoms with van der Waals surface area (Å²) < 4.78 is 39.2. The van der Waals surface area contributed by atoms with Gasteiger partial charge in [0.2, 0.25) is 15.9 Å². The SMILES string of the molecule is O=C(Nc1nc(-c2ccc3ccccc3c2)cs1)C1CCN(S(=O)(=O)c2ccc3c(c2)OCCCO3)CC1. The van der Waals surface area contributed by atoms with Gasteiger partial charge in [-0.25, -0.2) is 13.4 Å². The van der Waals surface area contributed by atoms with Gasteiger partial charge in [-0.15, -0.1) is 11.3 Å². The van der Waals surface area contributed by atoms with Crippen LogP contribution in [-0.4, -0.2) is 49.9 Å². The minimum absolute atomic E-state index is 0.128. The first kappa shape index (κ1) is 24.8. The smallest absolute Gasteiger partial charge is 0.243 e. The van der Waals surface area contributed by atoms with Crippen molar-refractivity contribution in [3.05, 3.63) is 66.0 Å². The van der Waals surface area contributed by atoms with Gasteiger partial charge in [0.1, 0.15) is 0 Å². The second-order valence-corrected chi connectivity index (χ2v) is 12.2. The quantitative estimate of drug-likeness (QED) is 0.369. The Labute approximate surface area is 225 Å². The standard InChI is InChI=1S/C28H27N3O5S2/c32-27(30-28-29-24(18-37-28)22-7-6-19-4-1-2-5-21(19)16-22)20-10-12-31(13-11-20)38(33,34)23-8-9-25-26(17-23)36-15-3-14-35-25/h1-2,4-9,16-18,20H,3,10-15H2,(H,29,30,32). The van der Waals surface area contributed by atoms with Crippen LogP contribution in [0.2, 0.25) is 0 Å². The van der Waals surface area contributed by atoms with E-state index in [1.807, 2.05) is 23.6 Å². The largest absolute Gasteiger partial charge is 0.490 e. The molecule has 38 heavy (non-hydrogen) atoms. The average molecular weight is 550 g/mol. The van der Waals surface area contributed by atoms with E-state index in [0.717, 1.165) is 28.5 Å². The van der Waals surface area contributed by atoms with Gasteiger partial charge in [0.15, 0.2) is 16.6 Å². The lowest BCUT2D eigenvalue weighted by atomic mass is 9.97. The number of carbonyl (C=O) groups is 1. The third kappa shape index (κ3) is 4.99. The van der Waals surface area contributed by atoms with E-state index in [0.29, 0.717) is 42.7 Å². The van der Waals surface area contributed by atoms with Crippen LogP contribution in [0.15, 0.2) is 70.9 Å². The number of nitrogens with zero attached hydrogens (tertiary/aromatic N) is 2. The highest BCUT2D eigenvalue weighted by molar-refractivity contribution is 7.89. The molecule has 1 aromatic heterocycles. The fourth-order valence-corrected chi connectivity index (χ4v) is 7.04. The van der Waals surface area contributed by atoms with E-state index < -0.39 is 10.0 Å². The van der Waals surface area contributed by atoms with Crippen LogP contribution in [0.4, 0.5) is 5.13 Å². The highest BCUT2D eigenvalue weighted by atomic mass is 32.2.